The van der Waals surface area contributed by atoms with Crippen molar-refractivity contribution in [3.63, 3.8) is 0 Å². The third-order valence-electron chi connectivity index (χ3n) is 3.82. The molecule has 1 heterocycles. The van der Waals surface area contributed by atoms with Crippen LogP contribution in [0.25, 0.3) is 0 Å². The van der Waals surface area contributed by atoms with Crippen LogP contribution in [0.15, 0.2) is 12.2 Å². The topological polar surface area (TPSA) is 46.6 Å². The number of carbonyl (C=O) groups is 2. The van der Waals surface area contributed by atoms with E-state index in [-0.39, 0.29) is 24.7 Å². The van der Waals surface area contributed by atoms with Crippen LogP contribution in [0.3, 0.4) is 0 Å². The zero-order valence-electron chi connectivity index (χ0n) is 10.9. The second-order valence-electron chi connectivity index (χ2n) is 5.07. The van der Waals surface area contributed by atoms with Gasteiger partial charge < -0.3 is 9.64 Å². The van der Waals surface area contributed by atoms with Gasteiger partial charge in [0.25, 0.3) is 0 Å². The van der Waals surface area contributed by atoms with Crippen molar-refractivity contribution < 1.29 is 14.3 Å². The van der Waals surface area contributed by atoms with Gasteiger partial charge in [0.2, 0.25) is 5.91 Å². The molecule has 0 aromatic rings. The number of hydrogen-bond acceptors (Lipinski definition) is 3. The Morgan fingerprint density at radius 1 is 1.17 bits per heavy atom. The molecule has 0 saturated carbocycles. The first-order chi connectivity index (χ1) is 8.70. The van der Waals surface area contributed by atoms with Crippen molar-refractivity contribution in [3.05, 3.63) is 12.2 Å². The Hall–Kier alpha value is -1.32. The second kappa shape index (κ2) is 6.03. The van der Waals surface area contributed by atoms with Crippen LogP contribution in [0.1, 0.15) is 32.6 Å². The highest BCUT2D eigenvalue weighted by Gasteiger charge is 2.34. The van der Waals surface area contributed by atoms with E-state index in [1.54, 1.807) is 6.92 Å². The van der Waals surface area contributed by atoms with Gasteiger partial charge in [-0.25, -0.2) is 0 Å². The highest BCUT2D eigenvalue weighted by Crippen LogP contribution is 2.32. The maximum atomic E-state index is 12.0. The molecule has 18 heavy (non-hydrogen) atoms. The minimum absolute atomic E-state index is 0.0949. The standard InChI is InChI=1S/C14H21NO3/c1-2-18-14(17)8-7-13(16)15-9-11-5-3-4-6-12(11)10-15/h3-4,11-12H,2,5-10H2,1H3. The summed E-state index contributed by atoms with van der Waals surface area (Å²) in [6, 6.07) is 0. The number of amides is 1. The first kappa shape index (κ1) is 13.1. The van der Waals surface area contributed by atoms with Crippen molar-refractivity contribution >= 4 is 11.9 Å². The maximum Gasteiger partial charge on any atom is 0.306 e. The van der Waals surface area contributed by atoms with Gasteiger partial charge in [0.05, 0.1) is 13.0 Å². The van der Waals surface area contributed by atoms with E-state index < -0.39 is 0 Å². The number of allylic oxidation sites excluding steroid dienone is 2. The van der Waals surface area contributed by atoms with Gasteiger partial charge >= 0.3 is 5.97 Å². The number of nitrogens with zero attached hydrogens (tertiary/aromatic N) is 1. The van der Waals surface area contributed by atoms with Gasteiger partial charge in [-0.05, 0) is 31.6 Å². The van der Waals surface area contributed by atoms with Gasteiger partial charge in [-0.2, -0.15) is 0 Å². The average Bonchev–Trinajstić information content (AvgIpc) is 2.80. The largest absolute Gasteiger partial charge is 0.466 e. The van der Waals surface area contributed by atoms with Gasteiger partial charge in [0.15, 0.2) is 0 Å². The van der Waals surface area contributed by atoms with E-state index in [1.807, 2.05) is 4.90 Å². The van der Waals surface area contributed by atoms with E-state index in [9.17, 15) is 9.59 Å². The summed E-state index contributed by atoms with van der Waals surface area (Å²) in [5, 5.41) is 0. The van der Waals surface area contributed by atoms with Crippen molar-refractivity contribution in [2.24, 2.45) is 11.8 Å². The Morgan fingerprint density at radius 3 is 2.33 bits per heavy atom. The van der Waals surface area contributed by atoms with Crippen LogP contribution in [0.2, 0.25) is 0 Å². The quantitative estimate of drug-likeness (QED) is 0.565. The molecule has 0 N–H and O–H groups in total. The van der Waals surface area contributed by atoms with Gasteiger partial charge in [0, 0.05) is 19.5 Å². The molecule has 1 saturated heterocycles. The molecular formula is C14H21NO3. The summed E-state index contributed by atoms with van der Waals surface area (Å²) in [5.41, 5.74) is 0. The molecule has 0 spiro atoms. The van der Waals surface area contributed by atoms with E-state index in [0.717, 1.165) is 25.9 Å². The van der Waals surface area contributed by atoms with Crippen molar-refractivity contribution in [2.75, 3.05) is 19.7 Å². The number of carbonyl (C=O) groups excluding carboxylic acids is 2. The molecule has 4 heteroatoms. The highest BCUT2D eigenvalue weighted by atomic mass is 16.5. The van der Waals surface area contributed by atoms with E-state index in [4.69, 9.17) is 4.74 Å². The van der Waals surface area contributed by atoms with Crippen molar-refractivity contribution in [1.82, 2.24) is 4.90 Å². The van der Waals surface area contributed by atoms with Crippen LogP contribution in [0.5, 0.6) is 0 Å². The van der Waals surface area contributed by atoms with Crippen LogP contribution < -0.4 is 0 Å². The Kier molecular flexibility index (Phi) is 4.39. The first-order valence-corrected chi connectivity index (χ1v) is 6.79. The Morgan fingerprint density at radius 2 is 1.78 bits per heavy atom. The molecule has 2 unspecified atom stereocenters. The van der Waals surface area contributed by atoms with Crippen molar-refractivity contribution in [3.8, 4) is 0 Å². The number of likely N-dealkylation sites (tertiary alicyclic amines) is 1. The maximum absolute atomic E-state index is 12.0. The second-order valence-corrected chi connectivity index (χ2v) is 5.07. The zero-order chi connectivity index (χ0) is 13.0. The van der Waals surface area contributed by atoms with Gasteiger partial charge in [-0.15, -0.1) is 0 Å². The number of fused-ring (bicyclic) bond motifs is 1. The molecule has 1 fully saturated rings. The molecule has 100 valence electrons. The van der Waals surface area contributed by atoms with Crippen LogP contribution in [0.4, 0.5) is 0 Å². The SMILES string of the molecule is CCOC(=O)CCC(=O)N1CC2CC=CCC2C1. The lowest BCUT2D eigenvalue weighted by Gasteiger charge is -2.17. The summed E-state index contributed by atoms with van der Waals surface area (Å²) in [5.74, 6) is 1.07. The lowest BCUT2D eigenvalue weighted by molar-refractivity contribution is -0.145. The smallest absolute Gasteiger partial charge is 0.306 e. The molecule has 1 amide bonds. The van der Waals surface area contributed by atoms with Crippen LogP contribution in [-0.2, 0) is 14.3 Å². The minimum Gasteiger partial charge on any atom is -0.466 e. The molecule has 0 bridgehead atoms. The van der Waals surface area contributed by atoms with Gasteiger partial charge in [-0.3, -0.25) is 9.59 Å². The average molecular weight is 251 g/mol. The fourth-order valence-electron chi connectivity index (χ4n) is 2.82. The first-order valence-electron chi connectivity index (χ1n) is 6.79. The minimum atomic E-state index is -0.274. The Balaban J connectivity index is 1.76. The fourth-order valence-corrected chi connectivity index (χ4v) is 2.82. The predicted molar refractivity (Wildman–Crippen MR) is 67.8 cm³/mol. The highest BCUT2D eigenvalue weighted by molar-refractivity contribution is 5.81. The summed E-state index contributed by atoms with van der Waals surface area (Å²) < 4.78 is 4.83. The molecule has 0 radical (unpaired) electrons. The molecule has 2 aliphatic rings. The zero-order valence-corrected chi connectivity index (χ0v) is 10.9. The summed E-state index contributed by atoms with van der Waals surface area (Å²) >= 11 is 0. The lowest BCUT2D eigenvalue weighted by atomic mass is 9.86. The summed E-state index contributed by atoms with van der Waals surface area (Å²) in [7, 11) is 0. The van der Waals surface area contributed by atoms with Gasteiger partial charge in [0.1, 0.15) is 0 Å². The van der Waals surface area contributed by atoms with Crippen molar-refractivity contribution in [2.45, 2.75) is 32.6 Å². The Bertz CT molecular complexity index is 335. The van der Waals surface area contributed by atoms with E-state index in [1.165, 1.54) is 0 Å². The molecule has 0 aromatic carbocycles. The van der Waals surface area contributed by atoms with Crippen LogP contribution >= 0.6 is 0 Å². The third-order valence-corrected chi connectivity index (χ3v) is 3.82. The molecule has 0 aromatic heterocycles. The number of esters is 1. The van der Waals surface area contributed by atoms with E-state index in [2.05, 4.69) is 12.2 Å². The molecule has 2 atom stereocenters. The van der Waals surface area contributed by atoms with Crippen LogP contribution in [-0.4, -0.2) is 36.5 Å². The van der Waals surface area contributed by atoms with E-state index >= 15 is 0 Å². The van der Waals surface area contributed by atoms with Crippen molar-refractivity contribution in [1.29, 1.82) is 0 Å². The molecule has 4 nitrogen and oxygen atoms in total. The fraction of sp³-hybridized carbons (Fsp3) is 0.714. The normalized spacial score (nSPS) is 25.9. The Labute approximate surface area is 108 Å². The lowest BCUT2D eigenvalue weighted by Crippen LogP contribution is -2.29. The molecular weight excluding hydrogens is 230 g/mol. The van der Waals surface area contributed by atoms with E-state index in [0.29, 0.717) is 18.4 Å². The molecule has 1 aliphatic carbocycles. The number of hydrogen-bond donors (Lipinski definition) is 0. The number of ether oxygens (including phenoxy) is 1. The van der Waals surface area contributed by atoms with Crippen LogP contribution in [0, 0.1) is 11.8 Å². The third kappa shape index (κ3) is 3.12. The molecule has 2 rings (SSSR count). The van der Waals surface area contributed by atoms with Gasteiger partial charge in [-0.1, -0.05) is 12.2 Å². The summed E-state index contributed by atoms with van der Waals surface area (Å²) in [4.78, 5) is 25.1. The number of rotatable bonds is 4. The predicted octanol–water partition coefficient (Wildman–Crippen LogP) is 1.75. The summed E-state index contributed by atoms with van der Waals surface area (Å²) in [6.45, 7) is 3.87. The monoisotopic (exact) mass is 251 g/mol. The summed E-state index contributed by atoms with van der Waals surface area (Å²) in [6.07, 6.45) is 7.10. The molecule has 1 aliphatic heterocycles.